The molecule has 0 spiro atoms. The monoisotopic (exact) mass is 388 g/mol. The summed E-state index contributed by atoms with van der Waals surface area (Å²) < 4.78 is 13.3. The van der Waals surface area contributed by atoms with Crippen molar-refractivity contribution in [3.63, 3.8) is 0 Å². The number of phenols is 1. The molecule has 4 aromatic rings. The van der Waals surface area contributed by atoms with Crippen LogP contribution in [0.25, 0.3) is 22.2 Å². The quantitative estimate of drug-likeness (QED) is 0.439. The number of H-pyrrole nitrogens is 1. The maximum absolute atomic E-state index is 13.3. The molecule has 1 heterocycles. The number of aromatic hydroxyl groups is 1. The zero-order valence-corrected chi connectivity index (χ0v) is 15.8. The fraction of sp³-hybridized carbons (Fsp3) is 0.125. The molecule has 0 aliphatic rings. The van der Waals surface area contributed by atoms with Gasteiger partial charge in [-0.3, -0.25) is 4.79 Å². The maximum Gasteiger partial charge on any atom is 0.220 e. The molecule has 29 heavy (non-hydrogen) atoms. The van der Waals surface area contributed by atoms with Crippen molar-refractivity contribution in [2.75, 3.05) is 0 Å². The highest BCUT2D eigenvalue weighted by Crippen LogP contribution is 2.31. The Balaban J connectivity index is 1.52. The maximum atomic E-state index is 13.3. The molecule has 3 N–H and O–H groups in total. The SMILES string of the molecule is O=C(CCc1c(-c2ccc(F)cc2)[nH]c2ccccc12)NCc1ccccc1O. The molecular weight excluding hydrogens is 367 g/mol. The molecule has 1 aromatic heterocycles. The third-order valence-corrected chi connectivity index (χ3v) is 5.02. The van der Waals surface area contributed by atoms with Crippen LogP contribution in [0.4, 0.5) is 4.39 Å². The van der Waals surface area contributed by atoms with E-state index in [1.807, 2.05) is 30.3 Å². The number of para-hydroxylation sites is 2. The van der Waals surface area contributed by atoms with E-state index in [0.29, 0.717) is 18.4 Å². The Morgan fingerprint density at radius 1 is 0.966 bits per heavy atom. The van der Waals surface area contributed by atoms with Gasteiger partial charge in [-0.1, -0.05) is 36.4 Å². The molecule has 146 valence electrons. The van der Waals surface area contributed by atoms with Gasteiger partial charge in [0.25, 0.3) is 0 Å². The van der Waals surface area contributed by atoms with Gasteiger partial charge in [0.2, 0.25) is 5.91 Å². The lowest BCUT2D eigenvalue weighted by molar-refractivity contribution is -0.121. The van der Waals surface area contributed by atoms with Gasteiger partial charge in [0.1, 0.15) is 11.6 Å². The van der Waals surface area contributed by atoms with Crippen LogP contribution in [0, 0.1) is 5.82 Å². The van der Waals surface area contributed by atoms with Gasteiger partial charge in [-0.05, 0) is 53.9 Å². The average molecular weight is 388 g/mol. The number of aryl methyl sites for hydroxylation is 1. The summed E-state index contributed by atoms with van der Waals surface area (Å²) in [5.74, 6) is -0.207. The van der Waals surface area contributed by atoms with Crippen molar-refractivity contribution in [2.24, 2.45) is 0 Å². The topological polar surface area (TPSA) is 65.1 Å². The molecular formula is C24H21FN2O2. The fourth-order valence-electron chi connectivity index (χ4n) is 3.50. The number of phenolic OH excluding ortho intramolecular Hbond substituents is 1. The van der Waals surface area contributed by atoms with Crippen LogP contribution >= 0.6 is 0 Å². The summed E-state index contributed by atoms with van der Waals surface area (Å²) in [6.07, 6.45) is 0.854. The van der Waals surface area contributed by atoms with Crippen molar-refractivity contribution >= 4 is 16.8 Å². The van der Waals surface area contributed by atoms with E-state index in [9.17, 15) is 14.3 Å². The van der Waals surface area contributed by atoms with Gasteiger partial charge in [-0.2, -0.15) is 0 Å². The zero-order chi connectivity index (χ0) is 20.2. The lowest BCUT2D eigenvalue weighted by Gasteiger charge is -2.08. The fourth-order valence-corrected chi connectivity index (χ4v) is 3.50. The van der Waals surface area contributed by atoms with Crippen LogP contribution in [0.3, 0.4) is 0 Å². The van der Waals surface area contributed by atoms with Crippen LogP contribution in [0.15, 0.2) is 72.8 Å². The van der Waals surface area contributed by atoms with Gasteiger partial charge in [0, 0.05) is 35.1 Å². The Kier molecular flexibility index (Phi) is 5.29. The van der Waals surface area contributed by atoms with Gasteiger partial charge in [-0.25, -0.2) is 4.39 Å². The first-order chi connectivity index (χ1) is 14.1. The second kappa shape index (κ2) is 8.19. The van der Waals surface area contributed by atoms with Crippen LogP contribution in [-0.4, -0.2) is 16.0 Å². The predicted octanol–water partition coefficient (Wildman–Crippen LogP) is 4.93. The molecule has 4 rings (SSSR count). The molecule has 0 bridgehead atoms. The molecule has 0 saturated carbocycles. The number of aromatic nitrogens is 1. The number of carbonyl (C=O) groups is 1. The van der Waals surface area contributed by atoms with E-state index in [0.717, 1.165) is 27.7 Å². The molecule has 5 heteroatoms. The summed E-state index contributed by atoms with van der Waals surface area (Å²) in [5.41, 5.74) is 4.48. The number of rotatable bonds is 6. The number of hydrogen-bond acceptors (Lipinski definition) is 2. The number of fused-ring (bicyclic) bond motifs is 1. The Morgan fingerprint density at radius 2 is 1.69 bits per heavy atom. The largest absolute Gasteiger partial charge is 0.508 e. The van der Waals surface area contributed by atoms with Gasteiger partial charge in [-0.15, -0.1) is 0 Å². The molecule has 3 aromatic carbocycles. The van der Waals surface area contributed by atoms with E-state index in [4.69, 9.17) is 0 Å². The number of hydrogen-bond donors (Lipinski definition) is 3. The highest BCUT2D eigenvalue weighted by atomic mass is 19.1. The third-order valence-electron chi connectivity index (χ3n) is 5.02. The molecule has 4 nitrogen and oxygen atoms in total. The summed E-state index contributed by atoms with van der Waals surface area (Å²) in [6.45, 7) is 0.282. The van der Waals surface area contributed by atoms with Crippen molar-refractivity contribution in [1.29, 1.82) is 0 Å². The highest BCUT2D eigenvalue weighted by molar-refractivity contribution is 5.91. The average Bonchev–Trinajstić information content (AvgIpc) is 3.11. The first kappa shape index (κ1) is 18.7. The summed E-state index contributed by atoms with van der Waals surface area (Å²) in [6, 6.07) is 21.2. The van der Waals surface area contributed by atoms with E-state index < -0.39 is 0 Å². The third kappa shape index (κ3) is 4.14. The van der Waals surface area contributed by atoms with Crippen LogP contribution in [-0.2, 0) is 17.8 Å². The Morgan fingerprint density at radius 3 is 2.48 bits per heavy atom. The number of carbonyl (C=O) groups excluding carboxylic acids is 1. The van der Waals surface area contributed by atoms with E-state index in [1.165, 1.54) is 12.1 Å². The molecule has 0 fully saturated rings. The summed E-state index contributed by atoms with van der Waals surface area (Å²) in [4.78, 5) is 15.8. The first-order valence-electron chi connectivity index (χ1n) is 9.51. The Hall–Kier alpha value is -3.60. The van der Waals surface area contributed by atoms with E-state index in [1.54, 1.807) is 30.3 Å². The molecule has 0 radical (unpaired) electrons. The normalized spacial score (nSPS) is 10.9. The molecule has 0 aliphatic heterocycles. The molecule has 0 saturated heterocycles. The standard InChI is InChI=1S/C24H21FN2O2/c25-18-11-9-16(10-12-18)24-20(19-6-2-3-7-21(19)27-24)13-14-23(29)26-15-17-5-1-4-8-22(17)28/h1-12,27-28H,13-15H2,(H,26,29). The lowest BCUT2D eigenvalue weighted by Crippen LogP contribution is -2.23. The first-order valence-corrected chi connectivity index (χ1v) is 9.51. The summed E-state index contributed by atoms with van der Waals surface area (Å²) in [7, 11) is 0. The Labute approximate surface area is 168 Å². The van der Waals surface area contributed by atoms with Gasteiger partial charge in [0.05, 0.1) is 0 Å². The molecule has 0 unspecified atom stereocenters. The van der Waals surface area contributed by atoms with E-state index >= 15 is 0 Å². The minimum Gasteiger partial charge on any atom is -0.508 e. The number of aromatic amines is 1. The molecule has 1 amide bonds. The van der Waals surface area contributed by atoms with Crippen LogP contribution in [0.2, 0.25) is 0 Å². The predicted molar refractivity (Wildman–Crippen MR) is 112 cm³/mol. The summed E-state index contributed by atoms with van der Waals surface area (Å²) in [5, 5.41) is 13.7. The summed E-state index contributed by atoms with van der Waals surface area (Å²) >= 11 is 0. The van der Waals surface area contributed by atoms with Crippen molar-refractivity contribution < 1.29 is 14.3 Å². The second-order valence-electron chi connectivity index (χ2n) is 6.94. The van der Waals surface area contributed by atoms with Crippen LogP contribution in [0.5, 0.6) is 5.75 Å². The molecule has 0 aliphatic carbocycles. The number of amides is 1. The van der Waals surface area contributed by atoms with Crippen molar-refractivity contribution in [3.8, 4) is 17.0 Å². The Bertz CT molecular complexity index is 1150. The minimum absolute atomic E-state index is 0.0939. The van der Waals surface area contributed by atoms with E-state index in [2.05, 4.69) is 10.3 Å². The number of halogens is 1. The number of benzene rings is 3. The smallest absolute Gasteiger partial charge is 0.220 e. The van der Waals surface area contributed by atoms with Crippen molar-refractivity contribution in [1.82, 2.24) is 10.3 Å². The van der Waals surface area contributed by atoms with Crippen LogP contribution in [0.1, 0.15) is 17.5 Å². The molecule has 0 atom stereocenters. The number of nitrogens with one attached hydrogen (secondary N) is 2. The van der Waals surface area contributed by atoms with Gasteiger partial charge >= 0.3 is 0 Å². The van der Waals surface area contributed by atoms with Gasteiger partial charge in [0.15, 0.2) is 0 Å². The lowest BCUT2D eigenvalue weighted by atomic mass is 10.0. The van der Waals surface area contributed by atoms with Gasteiger partial charge < -0.3 is 15.4 Å². The minimum atomic E-state index is -0.282. The van der Waals surface area contributed by atoms with Crippen molar-refractivity contribution in [2.45, 2.75) is 19.4 Å². The highest BCUT2D eigenvalue weighted by Gasteiger charge is 2.14. The van der Waals surface area contributed by atoms with E-state index in [-0.39, 0.29) is 24.0 Å². The van der Waals surface area contributed by atoms with Crippen molar-refractivity contribution in [3.05, 3.63) is 89.7 Å². The van der Waals surface area contributed by atoms with Crippen LogP contribution < -0.4 is 5.32 Å². The second-order valence-corrected chi connectivity index (χ2v) is 6.94. The zero-order valence-electron chi connectivity index (χ0n) is 15.8.